The fourth-order valence-corrected chi connectivity index (χ4v) is 3.56. The highest BCUT2D eigenvalue weighted by atomic mass is 32.2. The number of aliphatic carboxylic acids is 1. The topological polar surface area (TPSA) is 104 Å². The largest absolute Gasteiger partial charge is 0.480 e. The molecular weight excluding hydrogens is 368 g/mol. The van der Waals surface area contributed by atoms with Gasteiger partial charge in [-0.15, -0.1) is 0 Å². The van der Waals surface area contributed by atoms with E-state index in [4.69, 9.17) is 5.11 Å². The summed E-state index contributed by atoms with van der Waals surface area (Å²) in [6, 6.07) is 13.6. The van der Waals surface area contributed by atoms with Crippen LogP contribution in [0.25, 0.3) is 0 Å². The van der Waals surface area contributed by atoms with Gasteiger partial charge in [-0.1, -0.05) is 31.2 Å². The normalized spacial score (nSPS) is 12.2. The molecule has 0 heterocycles. The van der Waals surface area contributed by atoms with E-state index >= 15 is 0 Å². The van der Waals surface area contributed by atoms with Crippen LogP contribution in [0.15, 0.2) is 59.5 Å². The van der Waals surface area contributed by atoms with Crippen LogP contribution in [0.3, 0.4) is 0 Å². The van der Waals surface area contributed by atoms with Gasteiger partial charge in [-0.05, 0) is 43.7 Å². The highest BCUT2D eigenvalue weighted by molar-refractivity contribution is 7.92. The summed E-state index contributed by atoms with van der Waals surface area (Å²) in [6.07, 6.45) is 0.597. The minimum absolute atomic E-state index is 0.105. The average Bonchev–Trinajstić information content (AvgIpc) is 2.65. The van der Waals surface area contributed by atoms with E-state index in [1.165, 1.54) is 35.2 Å². The van der Waals surface area contributed by atoms with Gasteiger partial charge >= 0.3 is 5.97 Å². The Bertz CT molecular complexity index is 913. The molecule has 27 heavy (non-hydrogen) atoms. The zero-order valence-corrected chi connectivity index (χ0v) is 15.9. The molecule has 2 aromatic rings. The molecule has 0 saturated carbocycles. The molecule has 2 N–H and O–H groups in total. The zero-order chi connectivity index (χ0) is 20.0. The fourth-order valence-electron chi connectivity index (χ4n) is 2.49. The van der Waals surface area contributed by atoms with Gasteiger partial charge in [-0.2, -0.15) is 0 Å². The van der Waals surface area contributed by atoms with E-state index in [0.717, 1.165) is 0 Å². The number of amides is 1. The Morgan fingerprint density at radius 3 is 2.37 bits per heavy atom. The minimum atomic E-state index is -3.79. The van der Waals surface area contributed by atoms with Crippen molar-refractivity contribution in [1.82, 2.24) is 4.90 Å². The van der Waals surface area contributed by atoms with Gasteiger partial charge in [0.25, 0.3) is 15.9 Å². The molecule has 1 amide bonds. The molecule has 0 fully saturated rings. The molecular formula is C19H22N2O5S. The zero-order valence-electron chi connectivity index (χ0n) is 15.1. The van der Waals surface area contributed by atoms with Gasteiger partial charge in [-0.3, -0.25) is 14.3 Å². The van der Waals surface area contributed by atoms with Gasteiger partial charge in [0, 0.05) is 17.3 Å². The number of carboxylic acids is 1. The first-order valence-corrected chi connectivity index (χ1v) is 9.93. The van der Waals surface area contributed by atoms with Gasteiger partial charge < -0.3 is 10.0 Å². The number of hydrogen-bond acceptors (Lipinski definition) is 4. The Balaban J connectivity index is 2.28. The third-order valence-corrected chi connectivity index (χ3v) is 5.50. The number of carbonyl (C=O) groups is 2. The van der Waals surface area contributed by atoms with Gasteiger partial charge in [0.1, 0.15) is 6.54 Å². The van der Waals surface area contributed by atoms with Crippen molar-refractivity contribution in [2.24, 2.45) is 0 Å². The molecule has 2 aromatic carbocycles. The van der Waals surface area contributed by atoms with Crippen molar-refractivity contribution in [2.75, 3.05) is 11.3 Å². The molecule has 0 aliphatic heterocycles. The van der Waals surface area contributed by atoms with Crippen molar-refractivity contribution >= 4 is 27.6 Å². The molecule has 1 unspecified atom stereocenters. The molecule has 7 nitrogen and oxygen atoms in total. The molecule has 0 saturated heterocycles. The molecule has 2 rings (SSSR count). The number of carbonyl (C=O) groups excluding carboxylic acids is 1. The van der Waals surface area contributed by atoms with Crippen molar-refractivity contribution < 1.29 is 23.1 Å². The van der Waals surface area contributed by atoms with Crippen molar-refractivity contribution in [3.05, 3.63) is 60.2 Å². The molecule has 0 aliphatic carbocycles. The van der Waals surface area contributed by atoms with E-state index in [-0.39, 0.29) is 22.2 Å². The Hall–Kier alpha value is -2.87. The molecule has 144 valence electrons. The summed E-state index contributed by atoms with van der Waals surface area (Å²) in [7, 11) is -3.79. The van der Waals surface area contributed by atoms with Crippen LogP contribution in [-0.4, -0.2) is 42.9 Å². The van der Waals surface area contributed by atoms with Crippen molar-refractivity contribution in [3.63, 3.8) is 0 Å². The second kappa shape index (κ2) is 8.68. The predicted octanol–water partition coefficient (Wildman–Crippen LogP) is 2.81. The van der Waals surface area contributed by atoms with Crippen LogP contribution in [0, 0.1) is 0 Å². The summed E-state index contributed by atoms with van der Waals surface area (Å²) in [5.41, 5.74) is 0.439. The lowest BCUT2D eigenvalue weighted by atomic mass is 10.1. The summed E-state index contributed by atoms with van der Waals surface area (Å²) in [6.45, 7) is 3.20. The molecule has 1 atom stereocenters. The minimum Gasteiger partial charge on any atom is -0.480 e. The first kappa shape index (κ1) is 20.4. The molecule has 8 heteroatoms. The van der Waals surface area contributed by atoms with E-state index in [9.17, 15) is 18.0 Å². The van der Waals surface area contributed by atoms with Crippen molar-refractivity contribution in [1.29, 1.82) is 0 Å². The number of carboxylic acid groups (broad SMARTS) is 1. The Kier molecular flexibility index (Phi) is 6.57. The van der Waals surface area contributed by atoms with E-state index in [0.29, 0.717) is 6.42 Å². The van der Waals surface area contributed by atoms with Crippen LogP contribution in [0.4, 0.5) is 5.69 Å². The lowest BCUT2D eigenvalue weighted by Crippen LogP contribution is -2.41. The molecule has 0 aromatic heterocycles. The van der Waals surface area contributed by atoms with Gasteiger partial charge in [0.2, 0.25) is 0 Å². The van der Waals surface area contributed by atoms with E-state index in [1.807, 2.05) is 6.92 Å². The van der Waals surface area contributed by atoms with E-state index in [2.05, 4.69) is 4.72 Å². The summed E-state index contributed by atoms with van der Waals surface area (Å²) in [5, 5.41) is 9.07. The molecule has 0 spiro atoms. The maximum Gasteiger partial charge on any atom is 0.323 e. The summed E-state index contributed by atoms with van der Waals surface area (Å²) < 4.78 is 27.3. The SMILES string of the molecule is CCC(C)N(CC(=O)O)C(=O)c1cccc(NS(=O)(=O)c2ccccc2)c1. The quantitative estimate of drug-likeness (QED) is 0.721. The lowest BCUT2D eigenvalue weighted by Gasteiger charge is -2.27. The Morgan fingerprint density at radius 2 is 1.78 bits per heavy atom. The van der Waals surface area contributed by atoms with Crippen LogP contribution in [0.5, 0.6) is 0 Å². The monoisotopic (exact) mass is 390 g/mol. The van der Waals surface area contributed by atoms with Gasteiger partial charge in [0.05, 0.1) is 4.90 Å². The van der Waals surface area contributed by atoms with Crippen LogP contribution < -0.4 is 4.72 Å². The smallest absolute Gasteiger partial charge is 0.323 e. The van der Waals surface area contributed by atoms with E-state index in [1.54, 1.807) is 31.2 Å². The van der Waals surface area contributed by atoms with Crippen LogP contribution in [0.1, 0.15) is 30.6 Å². The molecule has 0 radical (unpaired) electrons. The number of rotatable bonds is 8. The number of nitrogens with one attached hydrogen (secondary N) is 1. The highest BCUT2D eigenvalue weighted by Crippen LogP contribution is 2.19. The average molecular weight is 390 g/mol. The molecule has 0 aliphatic rings. The lowest BCUT2D eigenvalue weighted by molar-refractivity contribution is -0.138. The predicted molar refractivity (Wildman–Crippen MR) is 102 cm³/mol. The maximum atomic E-state index is 12.8. The van der Waals surface area contributed by atoms with Crippen LogP contribution >= 0.6 is 0 Å². The Labute approximate surface area is 158 Å². The third-order valence-electron chi connectivity index (χ3n) is 4.10. The summed E-state index contributed by atoms with van der Waals surface area (Å²) >= 11 is 0. The number of nitrogens with zero attached hydrogens (tertiary/aromatic N) is 1. The first-order chi connectivity index (χ1) is 12.7. The van der Waals surface area contributed by atoms with Crippen LogP contribution in [-0.2, 0) is 14.8 Å². The molecule has 0 bridgehead atoms. The summed E-state index contributed by atoms with van der Waals surface area (Å²) in [4.78, 5) is 25.2. The Morgan fingerprint density at radius 1 is 1.11 bits per heavy atom. The third kappa shape index (κ3) is 5.30. The standard InChI is InChI=1S/C19H22N2O5S/c1-3-14(2)21(13-18(22)23)19(24)15-8-7-9-16(12-15)20-27(25,26)17-10-5-4-6-11-17/h4-12,14,20H,3,13H2,1-2H3,(H,22,23). The van der Waals surface area contributed by atoms with Crippen molar-refractivity contribution in [3.8, 4) is 0 Å². The summed E-state index contributed by atoms with van der Waals surface area (Å²) in [5.74, 6) is -1.57. The van der Waals surface area contributed by atoms with Crippen LogP contribution in [0.2, 0.25) is 0 Å². The van der Waals surface area contributed by atoms with E-state index < -0.39 is 28.4 Å². The second-order valence-electron chi connectivity index (χ2n) is 6.08. The number of anilines is 1. The second-order valence-corrected chi connectivity index (χ2v) is 7.77. The number of benzene rings is 2. The van der Waals surface area contributed by atoms with Crippen molar-refractivity contribution in [2.45, 2.75) is 31.2 Å². The van der Waals surface area contributed by atoms with Gasteiger partial charge in [-0.25, -0.2) is 8.42 Å². The number of sulfonamides is 1. The number of hydrogen-bond donors (Lipinski definition) is 2. The fraction of sp³-hybridized carbons (Fsp3) is 0.263. The first-order valence-electron chi connectivity index (χ1n) is 8.45. The highest BCUT2D eigenvalue weighted by Gasteiger charge is 2.23. The maximum absolute atomic E-state index is 12.8. The van der Waals surface area contributed by atoms with Gasteiger partial charge in [0.15, 0.2) is 0 Å².